The smallest absolute Gasteiger partial charge is 0.127 e. The van der Waals surface area contributed by atoms with E-state index in [-0.39, 0.29) is 11.2 Å². The number of benzene rings is 1. The summed E-state index contributed by atoms with van der Waals surface area (Å²) in [7, 11) is 0. The lowest BCUT2D eigenvalue weighted by Gasteiger charge is -2.28. The second-order valence-corrected chi connectivity index (χ2v) is 4.67. The molecular weight excluding hydrogens is 189 g/mol. The molecule has 0 atom stereocenters. The van der Waals surface area contributed by atoms with Crippen LogP contribution in [0.2, 0.25) is 0 Å². The molecule has 1 aromatic rings. The standard InChI is InChI=1S/C13H18FN/c1-10-4-5-12(14)11(8-10)13(9-15)6-2-3-7-13/h4-5,8H,2-3,6-7,9,15H2,1H3. The van der Waals surface area contributed by atoms with Crippen molar-refractivity contribution in [3.05, 3.63) is 35.1 Å². The van der Waals surface area contributed by atoms with E-state index < -0.39 is 0 Å². The molecule has 0 bridgehead atoms. The van der Waals surface area contributed by atoms with Crippen molar-refractivity contribution in [2.24, 2.45) is 5.73 Å². The van der Waals surface area contributed by atoms with Crippen molar-refractivity contribution in [2.45, 2.75) is 38.0 Å². The van der Waals surface area contributed by atoms with Crippen molar-refractivity contribution in [1.29, 1.82) is 0 Å². The molecule has 1 aliphatic rings. The molecule has 0 radical (unpaired) electrons. The van der Waals surface area contributed by atoms with Crippen LogP contribution in [0.5, 0.6) is 0 Å². The molecule has 82 valence electrons. The van der Waals surface area contributed by atoms with Crippen LogP contribution in [0.25, 0.3) is 0 Å². The molecule has 0 amide bonds. The van der Waals surface area contributed by atoms with Crippen LogP contribution in [0.1, 0.15) is 36.8 Å². The van der Waals surface area contributed by atoms with Crippen molar-refractivity contribution < 1.29 is 4.39 Å². The summed E-state index contributed by atoms with van der Waals surface area (Å²) in [6.45, 7) is 2.56. The van der Waals surface area contributed by atoms with Crippen molar-refractivity contribution in [1.82, 2.24) is 0 Å². The van der Waals surface area contributed by atoms with Gasteiger partial charge in [-0.15, -0.1) is 0 Å². The van der Waals surface area contributed by atoms with Gasteiger partial charge >= 0.3 is 0 Å². The number of rotatable bonds is 2. The summed E-state index contributed by atoms with van der Waals surface area (Å²) in [5, 5.41) is 0. The van der Waals surface area contributed by atoms with Crippen LogP contribution in [-0.4, -0.2) is 6.54 Å². The quantitative estimate of drug-likeness (QED) is 0.792. The largest absolute Gasteiger partial charge is 0.330 e. The lowest BCUT2D eigenvalue weighted by Crippen LogP contribution is -2.33. The Labute approximate surface area is 90.5 Å². The Morgan fingerprint density at radius 2 is 2.00 bits per heavy atom. The Kier molecular flexibility index (Phi) is 2.79. The van der Waals surface area contributed by atoms with Gasteiger partial charge in [-0.2, -0.15) is 0 Å². The van der Waals surface area contributed by atoms with E-state index in [2.05, 4.69) is 0 Å². The van der Waals surface area contributed by atoms with Crippen molar-refractivity contribution in [3.63, 3.8) is 0 Å². The van der Waals surface area contributed by atoms with Gasteiger partial charge in [0, 0.05) is 12.0 Å². The van der Waals surface area contributed by atoms with E-state index >= 15 is 0 Å². The molecule has 0 saturated heterocycles. The van der Waals surface area contributed by atoms with Gasteiger partial charge in [0.25, 0.3) is 0 Å². The highest BCUT2D eigenvalue weighted by Gasteiger charge is 2.36. The Bertz CT molecular complexity index is 354. The maximum atomic E-state index is 13.8. The van der Waals surface area contributed by atoms with E-state index in [1.165, 1.54) is 12.8 Å². The normalized spacial score (nSPS) is 19.4. The summed E-state index contributed by atoms with van der Waals surface area (Å²) in [5.74, 6) is -0.0899. The van der Waals surface area contributed by atoms with Gasteiger partial charge < -0.3 is 5.73 Å². The van der Waals surface area contributed by atoms with Gasteiger partial charge in [0.1, 0.15) is 5.82 Å². The average molecular weight is 207 g/mol. The van der Waals surface area contributed by atoms with Crippen LogP contribution < -0.4 is 5.73 Å². The first-order valence-electron chi connectivity index (χ1n) is 5.65. The zero-order chi connectivity index (χ0) is 10.9. The van der Waals surface area contributed by atoms with Crippen molar-refractivity contribution >= 4 is 0 Å². The van der Waals surface area contributed by atoms with Crippen molar-refractivity contribution in [2.75, 3.05) is 6.54 Å². The van der Waals surface area contributed by atoms with Crippen LogP contribution in [0.3, 0.4) is 0 Å². The summed E-state index contributed by atoms with van der Waals surface area (Å²) in [5.41, 5.74) is 7.72. The molecule has 1 aromatic carbocycles. The summed E-state index contributed by atoms with van der Waals surface area (Å²) in [6.07, 6.45) is 4.41. The number of nitrogens with two attached hydrogens (primary N) is 1. The summed E-state index contributed by atoms with van der Waals surface area (Å²) >= 11 is 0. The first kappa shape index (κ1) is 10.6. The third-order valence-corrected chi connectivity index (χ3v) is 3.64. The Balaban J connectivity index is 2.46. The molecule has 15 heavy (non-hydrogen) atoms. The summed E-state index contributed by atoms with van der Waals surface area (Å²) in [4.78, 5) is 0. The number of hydrogen-bond acceptors (Lipinski definition) is 1. The molecule has 1 fully saturated rings. The highest BCUT2D eigenvalue weighted by Crippen LogP contribution is 2.41. The predicted molar refractivity (Wildman–Crippen MR) is 60.3 cm³/mol. The lowest BCUT2D eigenvalue weighted by atomic mass is 9.78. The number of halogens is 1. The first-order chi connectivity index (χ1) is 7.18. The highest BCUT2D eigenvalue weighted by molar-refractivity contribution is 5.32. The molecular formula is C13H18FN. The Morgan fingerprint density at radius 1 is 1.33 bits per heavy atom. The molecule has 2 rings (SSSR count). The predicted octanol–water partition coefficient (Wildman–Crippen LogP) is 2.90. The van der Waals surface area contributed by atoms with E-state index in [4.69, 9.17) is 5.73 Å². The fourth-order valence-corrected chi connectivity index (χ4v) is 2.68. The molecule has 2 heteroatoms. The minimum absolute atomic E-state index is 0.0872. The van der Waals surface area contributed by atoms with E-state index in [1.54, 1.807) is 6.07 Å². The third-order valence-electron chi connectivity index (χ3n) is 3.64. The number of hydrogen-bond donors (Lipinski definition) is 1. The van der Waals surface area contributed by atoms with Crippen LogP contribution in [0.4, 0.5) is 4.39 Å². The molecule has 2 N–H and O–H groups in total. The van der Waals surface area contributed by atoms with E-state index in [0.29, 0.717) is 6.54 Å². The second-order valence-electron chi connectivity index (χ2n) is 4.67. The van der Waals surface area contributed by atoms with Gasteiger partial charge in [0.2, 0.25) is 0 Å². The third kappa shape index (κ3) is 1.78. The van der Waals surface area contributed by atoms with Gasteiger partial charge in [0.05, 0.1) is 0 Å². The van der Waals surface area contributed by atoms with E-state index in [0.717, 1.165) is 24.0 Å². The SMILES string of the molecule is Cc1ccc(F)c(C2(CN)CCCC2)c1. The minimum Gasteiger partial charge on any atom is -0.330 e. The summed E-state index contributed by atoms with van der Waals surface area (Å²) in [6, 6.07) is 5.35. The van der Waals surface area contributed by atoms with Crippen LogP contribution in [-0.2, 0) is 5.41 Å². The average Bonchev–Trinajstić information content (AvgIpc) is 2.71. The monoisotopic (exact) mass is 207 g/mol. The zero-order valence-electron chi connectivity index (χ0n) is 9.22. The van der Waals surface area contributed by atoms with Crippen LogP contribution in [0.15, 0.2) is 18.2 Å². The molecule has 0 aliphatic heterocycles. The topological polar surface area (TPSA) is 26.0 Å². The molecule has 1 nitrogen and oxygen atoms in total. The maximum Gasteiger partial charge on any atom is 0.127 e. The van der Waals surface area contributed by atoms with Gasteiger partial charge in [-0.1, -0.05) is 30.5 Å². The molecule has 1 saturated carbocycles. The fraction of sp³-hybridized carbons (Fsp3) is 0.538. The van der Waals surface area contributed by atoms with E-state index in [1.807, 2.05) is 19.1 Å². The van der Waals surface area contributed by atoms with Crippen molar-refractivity contribution in [3.8, 4) is 0 Å². The summed E-state index contributed by atoms with van der Waals surface area (Å²) < 4.78 is 13.8. The lowest BCUT2D eigenvalue weighted by molar-refractivity contribution is 0.426. The van der Waals surface area contributed by atoms with E-state index in [9.17, 15) is 4.39 Å². The van der Waals surface area contributed by atoms with Gasteiger partial charge in [-0.3, -0.25) is 0 Å². The Morgan fingerprint density at radius 3 is 2.60 bits per heavy atom. The molecule has 0 heterocycles. The van der Waals surface area contributed by atoms with Gasteiger partial charge in [0.15, 0.2) is 0 Å². The number of aryl methyl sites for hydroxylation is 1. The highest BCUT2D eigenvalue weighted by atomic mass is 19.1. The fourth-order valence-electron chi connectivity index (χ4n) is 2.68. The molecule has 0 aromatic heterocycles. The Hall–Kier alpha value is -0.890. The molecule has 0 unspecified atom stereocenters. The second kappa shape index (κ2) is 3.93. The first-order valence-corrected chi connectivity index (χ1v) is 5.65. The maximum absolute atomic E-state index is 13.8. The molecule has 1 aliphatic carbocycles. The van der Waals surface area contributed by atoms with Crippen LogP contribution in [0, 0.1) is 12.7 Å². The zero-order valence-corrected chi connectivity index (χ0v) is 9.22. The molecule has 0 spiro atoms. The minimum atomic E-state index is -0.0899. The van der Waals surface area contributed by atoms with Crippen LogP contribution >= 0.6 is 0 Å². The van der Waals surface area contributed by atoms with Gasteiger partial charge in [-0.25, -0.2) is 4.39 Å². The van der Waals surface area contributed by atoms with Gasteiger partial charge in [-0.05, 0) is 31.4 Å².